The third-order valence-corrected chi connectivity index (χ3v) is 4.55. The molecule has 0 fully saturated rings. The van der Waals surface area contributed by atoms with Crippen molar-refractivity contribution in [2.24, 2.45) is 5.92 Å². The van der Waals surface area contributed by atoms with E-state index in [-0.39, 0.29) is 18.1 Å². The molecule has 0 spiro atoms. The van der Waals surface area contributed by atoms with Gasteiger partial charge < -0.3 is 10.4 Å². The molecular formula is C14H20N4O2S2. The van der Waals surface area contributed by atoms with E-state index in [0.717, 1.165) is 11.4 Å². The summed E-state index contributed by atoms with van der Waals surface area (Å²) in [5.74, 6) is 0.217. The van der Waals surface area contributed by atoms with Gasteiger partial charge in [0.15, 0.2) is 0 Å². The highest BCUT2D eigenvalue weighted by Gasteiger charge is 2.11. The molecule has 0 bridgehead atoms. The van der Waals surface area contributed by atoms with E-state index in [2.05, 4.69) is 32.3 Å². The summed E-state index contributed by atoms with van der Waals surface area (Å²) in [7, 11) is 0. The van der Waals surface area contributed by atoms with Crippen LogP contribution in [0.4, 0.5) is 9.93 Å². The second-order valence-electron chi connectivity index (χ2n) is 5.33. The summed E-state index contributed by atoms with van der Waals surface area (Å²) in [5.41, 5.74) is 1.20. The Morgan fingerprint density at radius 3 is 2.91 bits per heavy atom. The molecule has 0 saturated heterocycles. The molecule has 2 rings (SSSR count). The molecule has 0 aliphatic rings. The molecule has 3 N–H and O–H groups in total. The molecule has 6 nitrogen and oxygen atoms in total. The van der Waals surface area contributed by atoms with Gasteiger partial charge >= 0.3 is 6.03 Å². The van der Waals surface area contributed by atoms with Crippen LogP contribution >= 0.6 is 22.7 Å². The fourth-order valence-electron chi connectivity index (χ4n) is 2.02. The van der Waals surface area contributed by atoms with Crippen molar-refractivity contribution >= 4 is 33.8 Å². The fraction of sp³-hybridized carbons (Fsp3) is 0.500. The Bertz CT molecular complexity index is 583. The lowest BCUT2D eigenvalue weighted by atomic mass is 10.1. The minimum Gasteiger partial charge on any atom is -0.393 e. The molecule has 0 aliphatic carbocycles. The van der Waals surface area contributed by atoms with Gasteiger partial charge in [0.05, 0.1) is 6.10 Å². The summed E-state index contributed by atoms with van der Waals surface area (Å²) in [6.07, 6.45) is 1.03. The molecule has 2 atom stereocenters. The summed E-state index contributed by atoms with van der Waals surface area (Å²) in [6, 6.07) is 1.76. The van der Waals surface area contributed by atoms with Gasteiger partial charge in [0.25, 0.3) is 0 Å². The maximum Gasteiger partial charge on any atom is 0.321 e. The number of nitrogens with one attached hydrogen (secondary N) is 2. The van der Waals surface area contributed by atoms with Crippen LogP contribution in [0.15, 0.2) is 16.8 Å². The molecule has 0 radical (unpaired) electrons. The number of amides is 2. The summed E-state index contributed by atoms with van der Waals surface area (Å²) in [4.78, 5) is 11.8. The maximum atomic E-state index is 11.8. The van der Waals surface area contributed by atoms with Gasteiger partial charge in [-0.3, -0.25) is 5.32 Å². The first-order chi connectivity index (χ1) is 10.5. The quantitative estimate of drug-likeness (QED) is 0.723. The molecule has 8 heteroatoms. The first kappa shape index (κ1) is 16.9. The zero-order chi connectivity index (χ0) is 15.9. The van der Waals surface area contributed by atoms with E-state index in [4.69, 9.17) is 0 Å². The molecule has 2 amide bonds. The third-order valence-electron chi connectivity index (χ3n) is 2.98. The smallest absolute Gasteiger partial charge is 0.321 e. The Morgan fingerprint density at radius 1 is 1.41 bits per heavy atom. The van der Waals surface area contributed by atoms with Crippen molar-refractivity contribution < 1.29 is 9.90 Å². The number of aromatic nitrogens is 2. The average Bonchev–Trinajstić information content (AvgIpc) is 3.08. The van der Waals surface area contributed by atoms with Gasteiger partial charge in [-0.25, -0.2) is 4.79 Å². The van der Waals surface area contributed by atoms with Crippen molar-refractivity contribution in [1.82, 2.24) is 15.5 Å². The number of carbonyl (C=O) groups is 1. The standard InChI is InChI=1S/C14H20N4O2S2/c1-9(5-10(2)19)7-15-13(20)16-14-18-17-12(22-14)6-11-3-4-21-8-11/h3-4,8-10,19H,5-7H2,1-2H3,(H2,15,16,18,20). The molecule has 22 heavy (non-hydrogen) atoms. The predicted molar refractivity (Wildman–Crippen MR) is 89.5 cm³/mol. The summed E-state index contributed by atoms with van der Waals surface area (Å²) >= 11 is 3.02. The fourth-order valence-corrected chi connectivity index (χ4v) is 3.45. The van der Waals surface area contributed by atoms with Crippen molar-refractivity contribution in [3.8, 4) is 0 Å². The van der Waals surface area contributed by atoms with Crippen LogP contribution in [0, 0.1) is 5.92 Å². The number of hydrogen-bond donors (Lipinski definition) is 3. The van der Waals surface area contributed by atoms with Crippen molar-refractivity contribution in [3.63, 3.8) is 0 Å². The highest BCUT2D eigenvalue weighted by atomic mass is 32.1. The van der Waals surface area contributed by atoms with Crippen LogP contribution in [0.25, 0.3) is 0 Å². The molecule has 2 aromatic rings. The van der Waals surface area contributed by atoms with Gasteiger partial charge in [0, 0.05) is 13.0 Å². The van der Waals surface area contributed by atoms with E-state index in [1.807, 2.05) is 12.3 Å². The van der Waals surface area contributed by atoms with E-state index in [0.29, 0.717) is 18.1 Å². The van der Waals surface area contributed by atoms with Crippen molar-refractivity contribution in [2.45, 2.75) is 32.8 Å². The van der Waals surface area contributed by atoms with Crippen molar-refractivity contribution in [3.05, 3.63) is 27.4 Å². The lowest BCUT2D eigenvalue weighted by molar-refractivity contribution is 0.163. The van der Waals surface area contributed by atoms with E-state index in [1.54, 1.807) is 18.3 Å². The monoisotopic (exact) mass is 340 g/mol. The van der Waals surface area contributed by atoms with Crippen LogP contribution in [0.1, 0.15) is 30.8 Å². The lowest BCUT2D eigenvalue weighted by Crippen LogP contribution is -2.33. The topological polar surface area (TPSA) is 87.1 Å². The molecule has 2 heterocycles. The first-order valence-electron chi connectivity index (χ1n) is 7.09. The van der Waals surface area contributed by atoms with Gasteiger partial charge in [-0.15, -0.1) is 10.2 Å². The Labute approximate surface area is 137 Å². The molecule has 2 aromatic heterocycles. The minimum atomic E-state index is -0.359. The molecule has 0 aromatic carbocycles. The molecular weight excluding hydrogens is 320 g/mol. The molecule has 2 unspecified atom stereocenters. The van der Waals surface area contributed by atoms with E-state index in [1.165, 1.54) is 16.9 Å². The largest absolute Gasteiger partial charge is 0.393 e. The Morgan fingerprint density at radius 2 is 2.23 bits per heavy atom. The minimum absolute atomic E-state index is 0.217. The average molecular weight is 340 g/mol. The lowest BCUT2D eigenvalue weighted by Gasteiger charge is -2.13. The number of rotatable bonds is 7. The van der Waals surface area contributed by atoms with Gasteiger partial charge in [0.2, 0.25) is 5.13 Å². The number of hydrogen-bond acceptors (Lipinski definition) is 6. The van der Waals surface area contributed by atoms with Crippen molar-refractivity contribution in [1.29, 1.82) is 0 Å². The molecule has 0 saturated carbocycles. The van der Waals surface area contributed by atoms with Crippen LogP contribution in [0.2, 0.25) is 0 Å². The number of carbonyl (C=O) groups excluding carboxylic acids is 1. The van der Waals surface area contributed by atoms with Gasteiger partial charge in [0.1, 0.15) is 5.01 Å². The van der Waals surface area contributed by atoms with Crippen LogP contribution in [-0.4, -0.2) is 34.0 Å². The normalized spacial score (nSPS) is 13.6. The number of aliphatic hydroxyl groups excluding tert-OH is 1. The van der Waals surface area contributed by atoms with Crippen LogP contribution in [0.5, 0.6) is 0 Å². The van der Waals surface area contributed by atoms with Crippen LogP contribution in [0.3, 0.4) is 0 Å². The number of nitrogens with zero attached hydrogens (tertiary/aromatic N) is 2. The Hall–Kier alpha value is -1.51. The zero-order valence-corrected chi connectivity index (χ0v) is 14.2. The number of urea groups is 1. The second-order valence-corrected chi connectivity index (χ2v) is 7.18. The summed E-state index contributed by atoms with van der Waals surface area (Å²) in [6.45, 7) is 4.24. The predicted octanol–water partition coefficient (Wildman–Crippen LogP) is 2.72. The Kier molecular flexibility index (Phi) is 6.29. The van der Waals surface area contributed by atoms with E-state index >= 15 is 0 Å². The second kappa shape index (κ2) is 8.21. The SMILES string of the molecule is CC(O)CC(C)CNC(=O)Nc1nnc(Cc2ccsc2)s1. The Balaban J connectivity index is 1.76. The van der Waals surface area contributed by atoms with Gasteiger partial charge in [-0.2, -0.15) is 11.3 Å². The highest BCUT2D eigenvalue weighted by molar-refractivity contribution is 7.15. The highest BCUT2D eigenvalue weighted by Crippen LogP contribution is 2.19. The number of anilines is 1. The van der Waals surface area contributed by atoms with Gasteiger partial charge in [-0.05, 0) is 41.7 Å². The maximum absolute atomic E-state index is 11.8. The summed E-state index contributed by atoms with van der Waals surface area (Å²) < 4.78 is 0. The number of thiophene rings is 1. The van der Waals surface area contributed by atoms with E-state index in [9.17, 15) is 9.90 Å². The third kappa shape index (κ3) is 5.70. The van der Waals surface area contributed by atoms with Crippen LogP contribution < -0.4 is 10.6 Å². The van der Waals surface area contributed by atoms with Crippen LogP contribution in [-0.2, 0) is 6.42 Å². The number of aliphatic hydroxyl groups is 1. The molecule has 120 valence electrons. The zero-order valence-electron chi connectivity index (χ0n) is 12.6. The first-order valence-corrected chi connectivity index (χ1v) is 8.85. The molecule has 0 aliphatic heterocycles. The summed E-state index contributed by atoms with van der Waals surface area (Å²) in [5, 5.41) is 28.3. The van der Waals surface area contributed by atoms with Gasteiger partial charge in [-0.1, -0.05) is 18.3 Å². The van der Waals surface area contributed by atoms with E-state index < -0.39 is 0 Å². The van der Waals surface area contributed by atoms with Crippen molar-refractivity contribution in [2.75, 3.05) is 11.9 Å².